The fraction of sp³-hybridized carbons (Fsp3) is 0.261. The molecule has 1 fully saturated rings. The summed E-state index contributed by atoms with van der Waals surface area (Å²) in [5, 5.41) is 9.74. The normalized spacial score (nSPS) is 14.5. The topological polar surface area (TPSA) is 65.2 Å². The Balaban J connectivity index is 1.43. The number of imidazole rings is 1. The first-order chi connectivity index (χ1) is 14.7. The highest BCUT2D eigenvalue weighted by Crippen LogP contribution is 2.23. The summed E-state index contributed by atoms with van der Waals surface area (Å²) in [6.45, 7) is 3.83. The van der Waals surface area contributed by atoms with Crippen LogP contribution in [0.15, 0.2) is 66.0 Å². The third-order valence-corrected chi connectivity index (χ3v) is 5.95. The van der Waals surface area contributed by atoms with Gasteiger partial charge in [-0.05, 0) is 36.1 Å². The molecule has 0 bridgehead atoms. The molecule has 0 N–H and O–H groups in total. The number of amides is 1. The zero-order valence-electron chi connectivity index (χ0n) is 16.9. The van der Waals surface area contributed by atoms with Gasteiger partial charge in [0.25, 0.3) is 5.91 Å². The van der Waals surface area contributed by atoms with E-state index in [1.807, 2.05) is 70.3 Å². The van der Waals surface area contributed by atoms with Crippen LogP contribution in [0.3, 0.4) is 0 Å². The summed E-state index contributed by atoms with van der Waals surface area (Å²) >= 11 is 1.53. The summed E-state index contributed by atoms with van der Waals surface area (Å²) in [7, 11) is 0. The maximum atomic E-state index is 13.3. The lowest BCUT2D eigenvalue weighted by Crippen LogP contribution is -2.48. The zero-order chi connectivity index (χ0) is 20.9. The van der Waals surface area contributed by atoms with Crippen LogP contribution in [0, 0.1) is 11.3 Å². The van der Waals surface area contributed by atoms with Crippen molar-refractivity contribution in [1.82, 2.24) is 19.4 Å². The maximum Gasteiger partial charge on any atom is 0.272 e. The molecule has 1 aliphatic rings. The molecule has 0 saturated carbocycles. The molecule has 0 atom stereocenters. The van der Waals surface area contributed by atoms with Crippen molar-refractivity contribution in [2.24, 2.45) is 0 Å². The van der Waals surface area contributed by atoms with E-state index in [9.17, 15) is 4.79 Å². The number of aromatic nitrogens is 2. The molecule has 6 nitrogen and oxygen atoms in total. The van der Waals surface area contributed by atoms with Gasteiger partial charge in [-0.2, -0.15) is 5.26 Å². The van der Waals surface area contributed by atoms with Gasteiger partial charge in [-0.15, -0.1) is 0 Å². The van der Waals surface area contributed by atoms with Crippen LogP contribution in [-0.4, -0.2) is 57.7 Å². The smallest absolute Gasteiger partial charge is 0.272 e. The molecule has 1 amide bonds. The second kappa shape index (κ2) is 9.16. The van der Waals surface area contributed by atoms with Crippen LogP contribution >= 0.6 is 11.8 Å². The lowest BCUT2D eigenvalue weighted by molar-refractivity contribution is 0.0620. The monoisotopic (exact) mass is 417 g/mol. The van der Waals surface area contributed by atoms with Crippen LogP contribution in [0.4, 0.5) is 0 Å². The number of hydrogen-bond acceptors (Lipinski definition) is 5. The predicted octanol–water partition coefficient (Wildman–Crippen LogP) is 3.42. The van der Waals surface area contributed by atoms with Crippen LogP contribution in [0.25, 0.3) is 5.69 Å². The first-order valence-corrected chi connectivity index (χ1v) is 11.1. The lowest BCUT2D eigenvalue weighted by atomic mass is 10.1. The summed E-state index contributed by atoms with van der Waals surface area (Å²) in [6.07, 6.45) is 3.66. The van der Waals surface area contributed by atoms with Gasteiger partial charge in [0.2, 0.25) is 0 Å². The van der Waals surface area contributed by atoms with E-state index in [1.165, 1.54) is 17.3 Å². The summed E-state index contributed by atoms with van der Waals surface area (Å²) in [4.78, 5) is 22.0. The molecule has 152 valence electrons. The number of piperazine rings is 1. The number of nitrogens with zero attached hydrogens (tertiary/aromatic N) is 5. The largest absolute Gasteiger partial charge is 0.335 e. The van der Waals surface area contributed by atoms with Gasteiger partial charge in [-0.1, -0.05) is 42.1 Å². The van der Waals surface area contributed by atoms with Gasteiger partial charge in [-0.25, -0.2) is 4.98 Å². The summed E-state index contributed by atoms with van der Waals surface area (Å²) in [6, 6.07) is 19.7. The molecule has 1 aromatic heterocycles. The molecule has 7 heteroatoms. The van der Waals surface area contributed by atoms with Gasteiger partial charge < -0.3 is 4.90 Å². The number of hydrogen-bond donors (Lipinski definition) is 0. The van der Waals surface area contributed by atoms with E-state index >= 15 is 0 Å². The van der Waals surface area contributed by atoms with Crippen molar-refractivity contribution in [1.29, 1.82) is 5.26 Å². The van der Waals surface area contributed by atoms with Gasteiger partial charge >= 0.3 is 0 Å². The molecule has 0 radical (unpaired) electrons. The Morgan fingerprint density at radius 1 is 1.07 bits per heavy atom. The van der Waals surface area contributed by atoms with Crippen molar-refractivity contribution in [2.75, 3.05) is 32.4 Å². The zero-order valence-corrected chi connectivity index (χ0v) is 17.7. The molecular weight excluding hydrogens is 394 g/mol. The van der Waals surface area contributed by atoms with E-state index in [0.717, 1.165) is 30.5 Å². The second-order valence-corrected chi connectivity index (χ2v) is 7.95. The molecule has 2 heterocycles. The van der Waals surface area contributed by atoms with Crippen molar-refractivity contribution >= 4 is 17.7 Å². The molecule has 0 aliphatic carbocycles. The lowest BCUT2D eigenvalue weighted by Gasteiger charge is -2.34. The van der Waals surface area contributed by atoms with E-state index in [4.69, 9.17) is 5.26 Å². The first kappa shape index (κ1) is 20.2. The molecule has 4 rings (SSSR count). The Kier molecular flexibility index (Phi) is 6.17. The third kappa shape index (κ3) is 4.25. The van der Waals surface area contributed by atoms with E-state index < -0.39 is 0 Å². The van der Waals surface area contributed by atoms with E-state index in [1.54, 1.807) is 6.20 Å². The summed E-state index contributed by atoms with van der Waals surface area (Å²) in [5.74, 6) is 0.0182. The fourth-order valence-electron chi connectivity index (χ4n) is 3.67. The Labute approximate surface area is 180 Å². The van der Waals surface area contributed by atoms with Gasteiger partial charge in [0, 0.05) is 38.4 Å². The van der Waals surface area contributed by atoms with Gasteiger partial charge in [0.15, 0.2) is 5.16 Å². The average Bonchev–Trinajstić information content (AvgIpc) is 3.24. The highest BCUT2D eigenvalue weighted by atomic mass is 32.2. The summed E-state index contributed by atoms with van der Waals surface area (Å²) in [5.41, 5.74) is 3.41. The second-order valence-electron chi connectivity index (χ2n) is 7.18. The number of para-hydroxylation sites is 1. The van der Waals surface area contributed by atoms with Gasteiger partial charge in [0.1, 0.15) is 5.69 Å². The highest BCUT2D eigenvalue weighted by molar-refractivity contribution is 7.98. The number of carbonyl (C=O) groups is 1. The van der Waals surface area contributed by atoms with E-state index in [0.29, 0.717) is 24.3 Å². The van der Waals surface area contributed by atoms with Crippen LogP contribution < -0.4 is 0 Å². The number of benzene rings is 2. The minimum atomic E-state index is 0.0182. The maximum absolute atomic E-state index is 13.3. The Hall–Kier alpha value is -3.08. The average molecular weight is 418 g/mol. The molecule has 0 spiro atoms. The molecule has 1 aliphatic heterocycles. The van der Waals surface area contributed by atoms with Crippen LogP contribution in [0.2, 0.25) is 0 Å². The van der Waals surface area contributed by atoms with Crippen molar-refractivity contribution < 1.29 is 4.79 Å². The van der Waals surface area contributed by atoms with Crippen LogP contribution in [0.1, 0.15) is 21.6 Å². The van der Waals surface area contributed by atoms with Gasteiger partial charge in [0.05, 0.1) is 17.8 Å². The highest BCUT2D eigenvalue weighted by Gasteiger charge is 2.26. The number of rotatable bonds is 5. The number of thioether (sulfide) groups is 1. The Bertz CT molecular complexity index is 1050. The standard InChI is InChI=1S/C23H23N5OS/c1-30-23-25-16-21(28(23)20-5-3-2-4-6-20)22(29)27-13-11-26(12-14-27)17-19-9-7-18(15-24)8-10-19/h2-10,16H,11-14,17H2,1H3. The van der Waals surface area contributed by atoms with Crippen LogP contribution in [-0.2, 0) is 6.54 Å². The number of nitriles is 1. The van der Waals surface area contributed by atoms with Crippen molar-refractivity contribution in [3.05, 3.63) is 77.6 Å². The van der Waals surface area contributed by atoms with E-state index in [-0.39, 0.29) is 5.91 Å². The molecule has 3 aromatic rings. The Morgan fingerprint density at radius 3 is 2.40 bits per heavy atom. The fourth-order valence-corrected chi connectivity index (χ4v) is 4.21. The van der Waals surface area contributed by atoms with E-state index in [2.05, 4.69) is 16.0 Å². The third-order valence-electron chi connectivity index (χ3n) is 5.29. The van der Waals surface area contributed by atoms with Crippen LogP contribution in [0.5, 0.6) is 0 Å². The van der Waals surface area contributed by atoms with Gasteiger partial charge in [-0.3, -0.25) is 14.3 Å². The molecule has 0 unspecified atom stereocenters. The minimum absolute atomic E-state index is 0.0182. The minimum Gasteiger partial charge on any atom is -0.335 e. The molecular formula is C23H23N5OS. The summed E-state index contributed by atoms with van der Waals surface area (Å²) < 4.78 is 1.94. The predicted molar refractivity (Wildman–Crippen MR) is 118 cm³/mol. The number of carbonyl (C=O) groups excluding carboxylic acids is 1. The molecule has 30 heavy (non-hydrogen) atoms. The molecule has 2 aromatic carbocycles. The van der Waals surface area contributed by atoms with Crippen molar-refractivity contribution in [3.63, 3.8) is 0 Å². The SMILES string of the molecule is CSc1ncc(C(=O)N2CCN(Cc3ccc(C#N)cc3)CC2)n1-c1ccccc1. The van der Waals surface area contributed by atoms with Crippen molar-refractivity contribution in [3.8, 4) is 11.8 Å². The first-order valence-electron chi connectivity index (χ1n) is 9.87. The molecule has 1 saturated heterocycles. The Morgan fingerprint density at radius 2 is 1.77 bits per heavy atom. The van der Waals surface area contributed by atoms with Crippen molar-refractivity contribution in [2.45, 2.75) is 11.7 Å². The quantitative estimate of drug-likeness (QED) is 0.595.